The Labute approximate surface area is 173 Å². The Balaban J connectivity index is 1.54. The summed E-state index contributed by atoms with van der Waals surface area (Å²) in [6, 6.07) is 18.8. The van der Waals surface area contributed by atoms with Crippen molar-refractivity contribution < 1.29 is 13.2 Å². The molecule has 0 fully saturated rings. The number of carbonyl (C=O) groups is 1. The number of nitrogens with zero attached hydrogens (tertiary/aromatic N) is 2. The van der Waals surface area contributed by atoms with E-state index in [9.17, 15) is 13.2 Å². The highest BCUT2D eigenvalue weighted by Crippen LogP contribution is 2.20. The first-order valence-corrected chi connectivity index (χ1v) is 10.6. The summed E-state index contributed by atoms with van der Waals surface area (Å²) in [7, 11) is -3.96. The number of nitrogens with one attached hydrogen (secondary N) is 2. The second kappa shape index (κ2) is 8.30. The van der Waals surface area contributed by atoms with Crippen molar-refractivity contribution in [1.29, 1.82) is 0 Å². The van der Waals surface area contributed by atoms with Gasteiger partial charge in [0, 0.05) is 24.3 Å². The lowest BCUT2D eigenvalue weighted by molar-refractivity contribution is 0.0947. The molecule has 8 heteroatoms. The van der Waals surface area contributed by atoms with E-state index in [-0.39, 0.29) is 17.0 Å². The molecule has 0 atom stereocenters. The molecule has 0 radical (unpaired) electrons. The second-order valence-electron chi connectivity index (χ2n) is 6.56. The van der Waals surface area contributed by atoms with Crippen LogP contribution in [-0.2, 0) is 16.6 Å². The normalized spacial score (nSPS) is 11.2. The first kappa shape index (κ1) is 19.5. The van der Waals surface area contributed by atoms with Gasteiger partial charge < -0.3 is 5.32 Å². The van der Waals surface area contributed by atoms with Gasteiger partial charge in [-0.05, 0) is 48.0 Å². The zero-order valence-corrected chi connectivity index (χ0v) is 16.6. The lowest BCUT2D eigenvalue weighted by atomic mass is 10.1. The summed E-state index contributed by atoms with van der Waals surface area (Å²) >= 11 is 0. The highest BCUT2D eigenvalue weighted by molar-refractivity contribution is 7.92. The summed E-state index contributed by atoms with van der Waals surface area (Å²) in [6.45, 7) is 0.258. The first-order chi connectivity index (χ1) is 14.5. The Kier molecular flexibility index (Phi) is 5.40. The van der Waals surface area contributed by atoms with Crippen molar-refractivity contribution in [3.05, 3.63) is 96.4 Å². The van der Waals surface area contributed by atoms with Crippen molar-refractivity contribution in [1.82, 2.24) is 15.3 Å². The number of fused-ring (bicyclic) bond motifs is 1. The molecule has 0 saturated heterocycles. The Morgan fingerprint density at radius 1 is 0.933 bits per heavy atom. The minimum absolute atomic E-state index is 0.0661. The van der Waals surface area contributed by atoms with E-state index in [4.69, 9.17) is 0 Å². The molecule has 30 heavy (non-hydrogen) atoms. The van der Waals surface area contributed by atoms with Gasteiger partial charge in [-0.15, -0.1) is 0 Å². The van der Waals surface area contributed by atoms with Gasteiger partial charge in [0.2, 0.25) is 0 Å². The van der Waals surface area contributed by atoms with Crippen LogP contribution in [0.15, 0.2) is 90.2 Å². The molecule has 2 aromatic carbocycles. The predicted octanol–water partition coefficient (Wildman–Crippen LogP) is 3.36. The van der Waals surface area contributed by atoms with E-state index in [1.807, 2.05) is 30.3 Å². The predicted molar refractivity (Wildman–Crippen MR) is 114 cm³/mol. The number of sulfonamides is 1. The van der Waals surface area contributed by atoms with Gasteiger partial charge >= 0.3 is 0 Å². The summed E-state index contributed by atoms with van der Waals surface area (Å²) < 4.78 is 28.1. The maximum atomic E-state index is 12.8. The molecule has 2 aromatic heterocycles. The van der Waals surface area contributed by atoms with E-state index in [1.165, 1.54) is 18.3 Å². The van der Waals surface area contributed by atoms with Crippen LogP contribution in [0.3, 0.4) is 0 Å². The topological polar surface area (TPSA) is 101 Å². The van der Waals surface area contributed by atoms with Gasteiger partial charge in [-0.1, -0.05) is 24.3 Å². The van der Waals surface area contributed by atoms with Gasteiger partial charge in [-0.3, -0.25) is 19.5 Å². The number of hydrogen-bond acceptors (Lipinski definition) is 5. The maximum absolute atomic E-state index is 12.8. The van der Waals surface area contributed by atoms with Crippen molar-refractivity contribution in [3.8, 4) is 0 Å². The number of aromatic nitrogens is 2. The zero-order valence-electron chi connectivity index (χ0n) is 15.8. The van der Waals surface area contributed by atoms with E-state index < -0.39 is 15.9 Å². The summed E-state index contributed by atoms with van der Waals surface area (Å²) in [5.41, 5.74) is 2.14. The Bertz CT molecular complexity index is 1310. The van der Waals surface area contributed by atoms with Crippen LogP contribution >= 0.6 is 0 Å². The molecule has 0 bridgehead atoms. The fourth-order valence-corrected chi connectivity index (χ4v) is 4.28. The monoisotopic (exact) mass is 418 g/mol. The van der Waals surface area contributed by atoms with E-state index in [0.717, 1.165) is 16.5 Å². The first-order valence-electron chi connectivity index (χ1n) is 9.17. The third-order valence-corrected chi connectivity index (χ3v) is 5.89. The van der Waals surface area contributed by atoms with E-state index in [0.29, 0.717) is 5.69 Å². The van der Waals surface area contributed by atoms with Crippen LogP contribution < -0.4 is 10.0 Å². The second-order valence-corrected chi connectivity index (χ2v) is 8.21. The van der Waals surface area contributed by atoms with E-state index in [2.05, 4.69) is 20.0 Å². The van der Waals surface area contributed by atoms with Gasteiger partial charge in [0.25, 0.3) is 15.9 Å². The fourth-order valence-electron chi connectivity index (χ4n) is 3.03. The minimum atomic E-state index is -3.96. The van der Waals surface area contributed by atoms with Gasteiger partial charge in [0.1, 0.15) is 4.90 Å². The number of hydrogen-bond donors (Lipinski definition) is 2. The Morgan fingerprint density at radius 3 is 2.60 bits per heavy atom. The van der Waals surface area contributed by atoms with Gasteiger partial charge in [-0.2, -0.15) is 0 Å². The zero-order chi connectivity index (χ0) is 21.0. The quantitative estimate of drug-likeness (QED) is 0.500. The van der Waals surface area contributed by atoms with Crippen molar-refractivity contribution in [2.24, 2.45) is 0 Å². The molecule has 4 rings (SSSR count). The molecule has 4 aromatic rings. The number of carbonyl (C=O) groups excluding carboxylic acids is 1. The maximum Gasteiger partial charge on any atom is 0.262 e. The van der Waals surface area contributed by atoms with Crippen molar-refractivity contribution in [2.75, 3.05) is 4.72 Å². The molecule has 0 saturated carbocycles. The van der Waals surface area contributed by atoms with Crippen molar-refractivity contribution in [3.63, 3.8) is 0 Å². The number of anilines is 1. The van der Waals surface area contributed by atoms with Gasteiger partial charge in [-0.25, -0.2) is 8.42 Å². The highest BCUT2D eigenvalue weighted by Gasteiger charge is 2.22. The lowest BCUT2D eigenvalue weighted by Gasteiger charge is -2.12. The molecule has 0 aliphatic carbocycles. The Morgan fingerprint density at radius 2 is 1.77 bits per heavy atom. The summed E-state index contributed by atoms with van der Waals surface area (Å²) in [4.78, 5) is 20.8. The number of amides is 1. The molecule has 0 aliphatic heterocycles. The molecule has 0 spiro atoms. The van der Waals surface area contributed by atoms with Crippen molar-refractivity contribution in [2.45, 2.75) is 11.4 Å². The fraction of sp³-hybridized carbons (Fsp3) is 0.0455. The molecular weight excluding hydrogens is 400 g/mol. The number of pyridine rings is 2. The lowest BCUT2D eigenvalue weighted by Crippen LogP contribution is -2.26. The van der Waals surface area contributed by atoms with E-state index >= 15 is 0 Å². The smallest absolute Gasteiger partial charge is 0.262 e. The van der Waals surface area contributed by atoms with Crippen LogP contribution in [0.4, 0.5) is 5.69 Å². The highest BCUT2D eigenvalue weighted by atomic mass is 32.2. The van der Waals surface area contributed by atoms with E-state index in [1.54, 1.807) is 36.7 Å². The van der Waals surface area contributed by atoms with Crippen LogP contribution in [0.1, 0.15) is 15.9 Å². The summed E-state index contributed by atoms with van der Waals surface area (Å²) in [5.74, 6) is -0.478. The SMILES string of the molecule is O=C(NCc1ccc2ncccc2c1)c1ccccc1S(=O)(=O)Nc1cccnc1. The van der Waals surface area contributed by atoms with Gasteiger partial charge in [0.15, 0.2) is 0 Å². The third kappa shape index (κ3) is 4.28. The molecule has 0 unspecified atom stereocenters. The largest absolute Gasteiger partial charge is 0.348 e. The molecule has 2 heterocycles. The molecule has 2 N–H and O–H groups in total. The standard InChI is InChI=1S/C22H18N4O3S/c27-22(25-14-16-9-10-20-17(13-16)5-3-12-24-20)19-7-1-2-8-21(19)30(28,29)26-18-6-4-11-23-15-18/h1-13,15,26H,14H2,(H,25,27). The molecule has 150 valence electrons. The van der Waals surface area contributed by atoms with Crippen LogP contribution in [0, 0.1) is 0 Å². The average Bonchev–Trinajstić information content (AvgIpc) is 2.77. The summed E-state index contributed by atoms with van der Waals surface area (Å²) in [6.07, 6.45) is 4.66. The summed E-state index contributed by atoms with van der Waals surface area (Å²) in [5, 5.41) is 3.76. The molecular formula is C22H18N4O3S. The Hall–Kier alpha value is -3.78. The third-order valence-electron chi connectivity index (χ3n) is 4.46. The number of benzene rings is 2. The molecule has 7 nitrogen and oxygen atoms in total. The van der Waals surface area contributed by atoms with Crippen molar-refractivity contribution >= 4 is 32.5 Å². The molecule has 0 aliphatic rings. The average molecular weight is 418 g/mol. The van der Waals surface area contributed by atoms with Crippen LogP contribution in [0.2, 0.25) is 0 Å². The minimum Gasteiger partial charge on any atom is -0.348 e. The molecule has 1 amide bonds. The van der Waals surface area contributed by atoms with Crippen LogP contribution in [-0.4, -0.2) is 24.3 Å². The van der Waals surface area contributed by atoms with Gasteiger partial charge in [0.05, 0.1) is 23.0 Å². The van der Waals surface area contributed by atoms with Crippen LogP contribution in [0.25, 0.3) is 10.9 Å². The van der Waals surface area contributed by atoms with Crippen LogP contribution in [0.5, 0.6) is 0 Å². The number of rotatable bonds is 6.